The first-order valence-electron chi connectivity index (χ1n) is 6.69. The number of nitrogens with zero attached hydrogens (tertiary/aromatic N) is 1. The first kappa shape index (κ1) is 17.4. The van der Waals surface area contributed by atoms with Crippen molar-refractivity contribution in [2.45, 2.75) is 13.0 Å². The molecule has 0 aliphatic heterocycles. The smallest absolute Gasteiger partial charge is 0.434 e. The normalized spacial score (nSPS) is 11.1. The first-order chi connectivity index (χ1) is 11.1. The van der Waals surface area contributed by atoms with Crippen molar-refractivity contribution in [3.05, 3.63) is 56.7 Å². The van der Waals surface area contributed by atoms with Gasteiger partial charge in [0, 0.05) is 11.3 Å². The van der Waals surface area contributed by atoms with Gasteiger partial charge < -0.3 is 9.47 Å². The van der Waals surface area contributed by atoms with Crippen LogP contribution in [0.4, 0.5) is 4.79 Å². The zero-order chi connectivity index (χ0) is 16.7. The third-order valence-electron chi connectivity index (χ3n) is 2.82. The van der Waals surface area contributed by atoms with Crippen LogP contribution in [-0.4, -0.2) is 24.9 Å². The molecular formula is C16H14BrNO4S. The molecule has 7 heteroatoms. The number of aliphatic imine (C=N–C) groups is 1. The molecule has 1 heterocycles. The Morgan fingerprint density at radius 2 is 1.91 bits per heavy atom. The van der Waals surface area contributed by atoms with Crippen molar-refractivity contribution in [2.75, 3.05) is 7.11 Å². The molecule has 0 fully saturated rings. The summed E-state index contributed by atoms with van der Waals surface area (Å²) in [7, 11) is 1.25. The van der Waals surface area contributed by atoms with E-state index in [4.69, 9.17) is 4.74 Å². The highest BCUT2D eigenvalue weighted by molar-refractivity contribution is 9.11. The molecule has 1 amide bonds. The minimum Gasteiger partial charge on any atom is -0.465 e. The van der Waals surface area contributed by atoms with Crippen molar-refractivity contribution >= 4 is 45.0 Å². The van der Waals surface area contributed by atoms with Crippen LogP contribution >= 0.6 is 27.3 Å². The van der Waals surface area contributed by atoms with E-state index in [0.717, 1.165) is 14.2 Å². The molecule has 23 heavy (non-hydrogen) atoms. The molecule has 5 nitrogen and oxygen atoms in total. The van der Waals surface area contributed by atoms with Gasteiger partial charge in [-0.1, -0.05) is 30.3 Å². The van der Waals surface area contributed by atoms with Crippen LogP contribution in [0.15, 0.2) is 51.2 Å². The second kappa shape index (κ2) is 8.59. The molecule has 0 radical (unpaired) electrons. The number of amides is 1. The van der Waals surface area contributed by atoms with Crippen LogP contribution < -0.4 is 0 Å². The van der Waals surface area contributed by atoms with Crippen LogP contribution in [0, 0.1) is 0 Å². The monoisotopic (exact) mass is 395 g/mol. The Bertz CT molecular complexity index is 712. The largest absolute Gasteiger partial charge is 0.465 e. The van der Waals surface area contributed by atoms with E-state index >= 15 is 0 Å². The summed E-state index contributed by atoms with van der Waals surface area (Å²) in [5.74, 6) is -0.647. The molecule has 1 aromatic heterocycles. The average Bonchev–Trinajstić information content (AvgIpc) is 2.97. The molecular weight excluding hydrogens is 382 g/mol. The van der Waals surface area contributed by atoms with E-state index in [1.807, 2.05) is 42.5 Å². The Morgan fingerprint density at radius 1 is 1.17 bits per heavy atom. The Morgan fingerprint density at radius 3 is 2.52 bits per heavy atom. The van der Waals surface area contributed by atoms with Crippen molar-refractivity contribution in [2.24, 2.45) is 4.99 Å². The second-order valence-corrected chi connectivity index (χ2v) is 7.02. The first-order valence-corrected chi connectivity index (χ1v) is 8.30. The summed E-state index contributed by atoms with van der Waals surface area (Å²) in [6, 6.07) is 13.0. The van der Waals surface area contributed by atoms with Gasteiger partial charge in [-0.25, -0.2) is 9.59 Å². The van der Waals surface area contributed by atoms with Gasteiger partial charge in [0.2, 0.25) is 0 Å². The van der Waals surface area contributed by atoms with E-state index in [1.54, 1.807) is 0 Å². The molecule has 0 spiro atoms. The number of thiophene rings is 1. The van der Waals surface area contributed by atoms with Crippen LogP contribution in [-0.2, 0) is 27.3 Å². The number of methoxy groups -OCH3 is 1. The number of hydrogen-bond acceptors (Lipinski definition) is 5. The Balaban J connectivity index is 2.03. The predicted molar refractivity (Wildman–Crippen MR) is 91.8 cm³/mol. The Labute approximate surface area is 146 Å². The van der Waals surface area contributed by atoms with Crippen LogP contribution in [0.3, 0.4) is 0 Å². The maximum atomic E-state index is 11.8. The fraction of sp³-hybridized carbons (Fsp3) is 0.188. The summed E-state index contributed by atoms with van der Waals surface area (Å²) in [4.78, 5) is 28.2. The van der Waals surface area contributed by atoms with E-state index in [9.17, 15) is 9.59 Å². The molecule has 0 aliphatic carbocycles. The van der Waals surface area contributed by atoms with Gasteiger partial charge in [-0.05, 0) is 33.6 Å². The topological polar surface area (TPSA) is 65.0 Å². The second-order valence-electron chi connectivity index (χ2n) is 4.47. The maximum Gasteiger partial charge on any atom is 0.434 e. The minimum absolute atomic E-state index is 0.0138. The maximum absolute atomic E-state index is 11.8. The molecule has 0 aliphatic rings. The van der Waals surface area contributed by atoms with E-state index < -0.39 is 12.1 Å². The standard InChI is InChI=1S/C16H14BrNO4S/c1-21-15(19)13(9-12-7-8-14(17)23-12)18-16(20)22-10-11-5-3-2-4-6-11/h2-8H,9-10H2,1H3. The number of carbonyl (C=O) groups excluding carboxylic acids is 2. The van der Waals surface area contributed by atoms with Gasteiger partial charge in [-0.2, -0.15) is 4.99 Å². The van der Waals surface area contributed by atoms with Crippen LogP contribution in [0.1, 0.15) is 10.4 Å². The fourth-order valence-electron chi connectivity index (χ4n) is 1.75. The molecule has 0 unspecified atom stereocenters. The molecule has 2 aromatic rings. The summed E-state index contributed by atoms with van der Waals surface area (Å²) < 4.78 is 10.7. The van der Waals surface area contributed by atoms with E-state index in [2.05, 4.69) is 25.7 Å². The van der Waals surface area contributed by atoms with E-state index in [-0.39, 0.29) is 18.7 Å². The van der Waals surface area contributed by atoms with Gasteiger partial charge in [0.05, 0.1) is 10.9 Å². The number of carbonyl (C=O) groups is 2. The van der Waals surface area contributed by atoms with Gasteiger partial charge in [0.15, 0.2) is 0 Å². The highest BCUT2D eigenvalue weighted by Crippen LogP contribution is 2.22. The van der Waals surface area contributed by atoms with E-state index in [0.29, 0.717) is 0 Å². The summed E-state index contributed by atoms with van der Waals surface area (Å²) >= 11 is 4.81. The van der Waals surface area contributed by atoms with Crippen molar-refractivity contribution in [3.63, 3.8) is 0 Å². The number of esters is 1. The third-order valence-corrected chi connectivity index (χ3v) is 4.45. The lowest BCUT2D eigenvalue weighted by Gasteiger charge is -2.04. The van der Waals surface area contributed by atoms with Gasteiger partial charge in [0.25, 0.3) is 0 Å². The number of ether oxygens (including phenoxy) is 2. The zero-order valence-electron chi connectivity index (χ0n) is 12.3. The Hall–Kier alpha value is -1.99. The summed E-state index contributed by atoms with van der Waals surface area (Å²) in [5.41, 5.74) is 0.859. The average molecular weight is 396 g/mol. The predicted octanol–water partition coefficient (Wildman–Crippen LogP) is 4.00. The quantitative estimate of drug-likeness (QED) is 0.566. The van der Waals surface area contributed by atoms with Crippen molar-refractivity contribution < 1.29 is 19.1 Å². The van der Waals surface area contributed by atoms with Crippen molar-refractivity contribution in [3.8, 4) is 0 Å². The van der Waals surface area contributed by atoms with Crippen LogP contribution in [0.5, 0.6) is 0 Å². The molecule has 120 valence electrons. The third kappa shape index (κ3) is 5.61. The zero-order valence-corrected chi connectivity index (χ0v) is 14.7. The van der Waals surface area contributed by atoms with Crippen LogP contribution in [0.2, 0.25) is 0 Å². The number of hydrogen-bond donors (Lipinski definition) is 0. The highest BCUT2D eigenvalue weighted by atomic mass is 79.9. The lowest BCUT2D eigenvalue weighted by molar-refractivity contribution is -0.132. The van der Waals surface area contributed by atoms with E-state index in [1.165, 1.54) is 18.4 Å². The molecule has 0 N–H and O–H groups in total. The molecule has 0 saturated carbocycles. The van der Waals surface area contributed by atoms with Crippen molar-refractivity contribution in [1.82, 2.24) is 0 Å². The molecule has 0 atom stereocenters. The summed E-state index contributed by atoms with van der Waals surface area (Å²) in [6.45, 7) is 0.0994. The van der Waals surface area contributed by atoms with Crippen LogP contribution in [0.25, 0.3) is 0 Å². The Kier molecular flexibility index (Phi) is 6.49. The SMILES string of the molecule is COC(=O)C(Cc1ccc(Br)s1)=NC(=O)OCc1ccccc1. The number of halogens is 1. The number of benzene rings is 1. The van der Waals surface area contributed by atoms with Gasteiger partial charge in [0.1, 0.15) is 12.3 Å². The lowest BCUT2D eigenvalue weighted by Crippen LogP contribution is -2.20. The van der Waals surface area contributed by atoms with Gasteiger partial charge in [-0.3, -0.25) is 0 Å². The summed E-state index contributed by atoms with van der Waals surface area (Å²) in [5, 5.41) is 0. The fourth-order valence-corrected chi connectivity index (χ4v) is 3.24. The number of rotatable bonds is 5. The van der Waals surface area contributed by atoms with Gasteiger partial charge in [-0.15, -0.1) is 11.3 Å². The highest BCUT2D eigenvalue weighted by Gasteiger charge is 2.16. The molecule has 0 bridgehead atoms. The van der Waals surface area contributed by atoms with Gasteiger partial charge >= 0.3 is 12.1 Å². The summed E-state index contributed by atoms with van der Waals surface area (Å²) in [6.07, 6.45) is -0.603. The molecule has 2 rings (SSSR count). The minimum atomic E-state index is -0.815. The molecule has 1 aromatic carbocycles. The lowest BCUT2D eigenvalue weighted by atomic mass is 10.2. The van der Waals surface area contributed by atoms with Crippen molar-refractivity contribution in [1.29, 1.82) is 0 Å². The molecule has 0 saturated heterocycles.